The molecule has 9 atom stereocenters. The number of carbonyl (C=O) groups excluding carboxylic acids is 3. The van der Waals surface area contributed by atoms with Gasteiger partial charge < -0.3 is 28.8 Å². The Morgan fingerprint density at radius 1 is 1.11 bits per heavy atom. The summed E-state index contributed by atoms with van der Waals surface area (Å²) in [7, 11) is 0. The minimum atomic E-state index is -1.54. The highest BCUT2D eigenvalue weighted by Gasteiger charge is 2.86. The molecule has 3 heterocycles. The van der Waals surface area contributed by atoms with Gasteiger partial charge in [0.1, 0.15) is 23.1 Å². The molecule has 10 heteroatoms. The quantitative estimate of drug-likeness (QED) is 0.436. The van der Waals surface area contributed by atoms with Crippen LogP contribution in [0.25, 0.3) is 0 Å². The highest BCUT2D eigenvalue weighted by atomic mass is 16.6. The van der Waals surface area contributed by atoms with Crippen molar-refractivity contribution in [2.45, 2.75) is 96.7 Å². The number of aliphatic carboxylic acids is 1. The van der Waals surface area contributed by atoms with Crippen molar-refractivity contribution in [3.63, 3.8) is 0 Å². The molecule has 2 unspecified atom stereocenters. The lowest BCUT2D eigenvalue weighted by atomic mass is 9.37. The van der Waals surface area contributed by atoms with E-state index < -0.39 is 75.5 Å². The summed E-state index contributed by atoms with van der Waals surface area (Å²) >= 11 is 0. The minimum Gasteiger partial charge on any atom is -0.479 e. The van der Waals surface area contributed by atoms with Crippen LogP contribution in [0.5, 0.6) is 0 Å². The minimum absolute atomic E-state index is 0.0309. The molecule has 208 valence electrons. The Bertz CT molecular complexity index is 1190. The van der Waals surface area contributed by atoms with Crippen LogP contribution in [0.4, 0.5) is 0 Å². The van der Waals surface area contributed by atoms with Crippen LogP contribution in [0.3, 0.4) is 0 Å². The van der Waals surface area contributed by atoms with Crippen molar-refractivity contribution in [1.29, 1.82) is 0 Å². The molecule has 2 saturated heterocycles. The van der Waals surface area contributed by atoms with E-state index in [4.69, 9.17) is 18.6 Å². The van der Waals surface area contributed by atoms with Crippen molar-refractivity contribution in [3.05, 3.63) is 24.2 Å². The second-order valence-electron chi connectivity index (χ2n) is 12.7. The van der Waals surface area contributed by atoms with Gasteiger partial charge >= 0.3 is 17.9 Å². The fourth-order valence-corrected chi connectivity index (χ4v) is 8.90. The summed E-state index contributed by atoms with van der Waals surface area (Å²) in [5.74, 6) is -3.55. The normalized spacial score (nSPS) is 44.3. The SMILES string of the molecule is CC(=O)O[C@H]1CC(=O)OC(C)(C)[C@@H]2CC(=O)[C@]3(C)[C@H](CC[C@@](C)([C@@H](O)c4ccoc4)C34OC4C(=O)O)[C@@]12C. The first-order valence-electron chi connectivity index (χ1n) is 13.1. The fraction of sp³-hybridized carbons (Fsp3) is 0.714. The van der Waals surface area contributed by atoms with Gasteiger partial charge in [0.15, 0.2) is 6.10 Å². The number of carboxylic acid groups (broad SMARTS) is 1. The third-order valence-electron chi connectivity index (χ3n) is 10.6. The summed E-state index contributed by atoms with van der Waals surface area (Å²) in [5.41, 5.74) is -5.59. The second kappa shape index (κ2) is 8.14. The van der Waals surface area contributed by atoms with Crippen LogP contribution in [0.15, 0.2) is 23.0 Å². The van der Waals surface area contributed by atoms with Crippen LogP contribution in [0, 0.1) is 28.1 Å². The zero-order valence-corrected chi connectivity index (χ0v) is 22.6. The van der Waals surface area contributed by atoms with Crippen LogP contribution >= 0.6 is 0 Å². The predicted octanol–water partition coefficient (Wildman–Crippen LogP) is 3.21. The molecule has 1 aromatic heterocycles. The molecule has 2 N–H and O–H groups in total. The number of aliphatic hydroxyl groups excluding tert-OH is 1. The summed E-state index contributed by atoms with van der Waals surface area (Å²) < 4.78 is 22.9. The molecule has 0 radical (unpaired) electrons. The van der Waals surface area contributed by atoms with E-state index in [1.165, 1.54) is 19.5 Å². The first-order chi connectivity index (χ1) is 17.6. The first kappa shape index (κ1) is 26.9. The van der Waals surface area contributed by atoms with E-state index in [0.29, 0.717) is 18.4 Å². The molecule has 2 saturated carbocycles. The van der Waals surface area contributed by atoms with Gasteiger partial charge in [-0.2, -0.15) is 0 Å². The van der Waals surface area contributed by atoms with Gasteiger partial charge in [-0.15, -0.1) is 0 Å². The molecule has 4 fully saturated rings. The third-order valence-corrected chi connectivity index (χ3v) is 10.6. The Hall–Kier alpha value is -2.72. The fourth-order valence-electron chi connectivity index (χ4n) is 8.90. The van der Waals surface area contributed by atoms with E-state index in [9.17, 15) is 29.4 Å². The number of epoxide rings is 1. The van der Waals surface area contributed by atoms with E-state index in [-0.39, 0.29) is 18.6 Å². The van der Waals surface area contributed by atoms with Crippen LogP contribution in [0.2, 0.25) is 0 Å². The smallest absolute Gasteiger partial charge is 0.335 e. The van der Waals surface area contributed by atoms with E-state index in [1.54, 1.807) is 33.8 Å². The van der Waals surface area contributed by atoms with Crippen molar-refractivity contribution in [2.75, 3.05) is 0 Å². The molecule has 0 amide bonds. The van der Waals surface area contributed by atoms with Gasteiger partial charge in [-0.3, -0.25) is 14.4 Å². The number of furan rings is 1. The summed E-state index contributed by atoms with van der Waals surface area (Å²) in [6.07, 6.45) is -0.0325. The zero-order chi connectivity index (χ0) is 28.1. The number of rotatable bonds is 4. The molecule has 2 aliphatic carbocycles. The Kier molecular flexibility index (Phi) is 5.76. The monoisotopic (exact) mass is 532 g/mol. The largest absolute Gasteiger partial charge is 0.479 e. The number of carbonyl (C=O) groups is 4. The van der Waals surface area contributed by atoms with E-state index in [1.807, 2.05) is 6.92 Å². The lowest BCUT2D eigenvalue weighted by Crippen LogP contribution is -2.71. The van der Waals surface area contributed by atoms with Crippen LogP contribution in [-0.4, -0.2) is 57.3 Å². The van der Waals surface area contributed by atoms with E-state index in [2.05, 4.69) is 0 Å². The van der Waals surface area contributed by atoms with Crippen molar-refractivity contribution in [3.8, 4) is 0 Å². The topological polar surface area (TPSA) is 153 Å². The maximum absolute atomic E-state index is 14.4. The average Bonchev–Trinajstić information content (AvgIpc) is 3.38. The highest BCUT2D eigenvalue weighted by Crippen LogP contribution is 2.77. The summed E-state index contributed by atoms with van der Waals surface area (Å²) in [6.45, 7) is 10.2. The van der Waals surface area contributed by atoms with E-state index in [0.717, 1.165) is 0 Å². The number of Topliss-reactive ketones (excluding diaryl/α,β-unsaturated/α-hetero) is 1. The van der Waals surface area contributed by atoms with E-state index >= 15 is 0 Å². The van der Waals surface area contributed by atoms with Crippen LogP contribution in [0.1, 0.15) is 78.9 Å². The van der Waals surface area contributed by atoms with Gasteiger partial charge in [0.05, 0.1) is 30.5 Å². The van der Waals surface area contributed by atoms with Gasteiger partial charge in [-0.25, -0.2) is 4.79 Å². The lowest BCUT2D eigenvalue weighted by molar-refractivity contribution is -0.227. The number of hydrogen-bond donors (Lipinski definition) is 2. The van der Waals surface area contributed by atoms with Crippen molar-refractivity contribution < 1.29 is 48.0 Å². The van der Waals surface area contributed by atoms with Crippen LogP contribution in [-0.2, 0) is 33.4 Å². The first-order valence-corrected chi connectivity index (χ1v) is 13.1. The van der Waals surface area contributed by atoms with Gasteiger partial charge in [0, 0.05) is 35.7 Å². The molecule has 1 spiro atoms. The van der Waals surface area contributed by atoms with Gasteiger partial charge in [0.2, 0.25) is 0 Å². The Morgan fingerprint density at radius 3 is 2.34 bits per heavy atom. The number of carboxylic acids is 1. The summed E-state index contributed by atoms with van der Waals surface area (Å²) in [4.78, 5) is 51.9. The van der Waals surface area contributed by atoms with Gasteiger partial charge in [0.25, 0.3) is 0 Å². The van der Waals surface area contributed by atoms with Gasteiger partial charge in [-0.1, -0.05) is 13.8 Å². The molecular weight excluding hydrogens is 496 g/mol. The number of cyclic esters (lactones) is 1. The molecule has 0 bridgehead atoms. The maximum atomic E-state index is 14.4. The molecule has 0 aromatic carbocycles. The Balaban J connectivity index is 1.72. The number of esters is 2. The highest BCUT2D eigenvalue weighted by molar-refractivity contribution is 5.92. The van der Waals surface area contributed by atoms with Crippen molar-refractivity contribution >= 4 is 23.7 Å². The molecule has 5 rings (SSSR count). The molecule has 4 aliphatic rings. The third kappa shape index (κ3) is 3.19. The standard InChI is InChI=1S/C28H36O10/c1-14(29)36-19-12-20(31)37-24(2,3)17-11-18(30)27(6)16(26(17,19)5)7-9-25(4,21(32)15-8-10-35-13-15)28(27)22(38-28)23(33)34/h8,10,13,16-17,19,21-22,32H,7,9,11-12H2,1-6H3,(H,33,34)/t16-,17+,19+,21+,22?,25+,26-,27+,28?/m1/s1. The molecule has 2 aliphatic heterocycles. The van der Waals surface area contributed by atoms with Crippen LogP contribution < -0.4 is 0 Å². The second-order valence-corrected chi connectivity index (χ2v) is 12.7. The summed E-state index contributed by atoms with van der Waals surface area (Å²) in [5, 5.41) is 21.8. The number of ketones is 1. The number of fused-ring (bicyclic) bond motifs is 4. The predicted molar refractivity (Wildman–Crippen MR) is 129 cm³/mol. The Labute approximate surface area is 221 Å². The molecular formula is C28H36O10. The van der Waals surface area contributed by atoms with Crippen molar-refractivity contribution in [2.24, 2.45) is 28.1 Å². The average molecular weight is 533 g/mol. The number of hydrogen-bond acceptors (Lipinski definition) is 9. The summed E-state index contributed by atoms with van der Waals surface area (Å²) in [6, 6.07) is 1.61. The van der Waals surface area contributed by atoms with Gasteiger partial charge in [-0.05, 0) is 45.6 Å². The molecule has 10 nitrogen and oxygen atoms in total. The molecule has 1 aromatic rings. The Morgan fingerprint density at radius 2 is 1.79 bits per heavy atom. The lowest BCUT2D eigenvalue weighted by Gasteiger charge is -2.65. The van der Waals surface area contributed by atoms with Crippen molar-refractivity contribution in [1.82, 2.24) is 0 Å². The molecule has 38 heavy (non-hydrogen) atoms. The maximum Gasteiger partial charge on any atom is 0.335 e. The number of aliphatic hydroxyl groups is 1. The number of ether oxygens (including phenoxy) is 3. The zero-order valence-electron chi connectivity index (χ0n) is 22.6.